The van der Waals surface area contributed by atoms with Gasteiger partial charge in [0.05, 0.1) is 12.1 Å². The van der Waals surface area contributed by atoms with E-state index < -0.39 is 0 Å². The van der Waals surface area contributed by atoms with E-state index in [1.54, 1.807) is 0 Å². The average molecular weight is 300 g/mol. The molecule has 0 aromatic rings. The first-order valence-electron chi connectivity index (χ1n) is 9.07. The summed E-state index contributed by atoms with van der Waals surface area (Å²) < 4.78 is 0. The third-order valence-electron chi connectivity index (χ3n) is 6.24. The third kappa shape index (κ3) is 2.75. The number of nitriles is 2. The van der Waals surface area contributed by atoms with E-state index >= 15 is 0 Å². The van der Waals surface area contributed by atoms with Crippen molar-refractivity contribution in [1.29, 1.82) is 10.5 Å². The maximum Gasteiger partial charge on any atom is 0.109 e. The lowest BCUT2D eigenvalue weighted by Crippen LogP contribution is -2.59. The van der Waals surface area contributed by atoms with Gasteiger partial charge >= 0.3 is 0 Å². The van der Waals surface area contributed by atoms with Crippen molar-refractivity contribution in [3.8, 4) is 12.1 Å². The molecule has 0 N–H and O–H groups in total. The Bertz CT molecular complexity index is 408. The summed E-state index contributed by atoms with van der Waals surface area (Å²) in [6.45, 7) is 4.27. The van der Waals surface area contributed by atoms with Crippen molar-refractivity contribution in [2.75, 3.05) is 26.2 Å². The number of rotatable bonds is 2. The van der Waals surface area contributed by atoms with Gasteiger partial charge in [0.15, 0.2) is 0 Å². The van der Waals surface area contributed by atoms with Gasteiger partial charge < -0.3 is 0 Å². The Hall–Kier alpha value is -1.10. The first-order chi connectivity index (χ1) is 10.7. The van der Waals surface area contributed by atoms with E-state index in [4.69, 9.17) is 0 Å². The molecular formula is C18H28N4. The second kappa shape index (κ2) is 6.57. The largest absolute Gasteiger partial charge is 0.286 e. The van der Waals surface area contributed by atoms with Crippen LogP contribution in [0.2, 0.25) is 0 Å². The summed E-state index contributed by atoms with van der Waals surface area (Å²) in [6.07, 6.45) is 11.0. The molecule has 1 aliphatic carbocycles. The average Bonchev–Trinajstić information content (AvgIpc) is 2.63. The van der Waals surface area contributed by atoms with Gasteiger partial charge in [-0.05, 0) is 77.5 Å². The van der Waals surface area contributed by atoms with E-state index in [0.29, 0.717) is 0 Å². The first-order valence-corrected chi connectivity index (χ1v) is 9.07. The molecule has 0 spiro atoms. The lowest BCUT2D eigenvalue weighted by Gasteiger charge is -2.50. The molecule has 3 rings (SSSR count). The van der Waals surface area contributed by atoms with Crippen LogP contribution in [0.5, 0.6) is 0 Å². The fourth-order valence-corrected chi connectivity index (χ4v) is 4.72. The van der Waals surface area contributed by atoms with Gasteiger partial charge in [-0.3, -0.25) is 9.80 Å². The zero-order valence-corrected chi connectivity index (χ0v) is 13.7. The number of nitrogens with zero attached hydrogens (tertiary/aromatic N) is 4. The maximum absolute atomic E-state index is 9.86. The second-order valence-electron chi connectivity index (χ2n) is 7.38. The van der Waals surface area contributed by atoms with Crippen molar-refractivity contribution in [2.45, 2.75) is 75.3 Å². The van der Waals surface area contributed by atoms with Crippen molar-refractivity contribution in [2.24, 2.45) is 0 Å². The molecule has 0 aromatic carbocycles. The summed E-state index contributed by atoms with van der Waals surface area (Å²) >= 11 is 0. The molecule has 0 amide bonds. The monoisotopic (exact) mass is 300 g/mol. The Morgan fingerprint density at radius 1 is 0.545 bits per heavy atom. The van der Waals surface area contributed by atoms with Crippen LogP contribution in [0.3, 0.4) is 0 Å². The van der Waals surface area contributed by atoms with Gasteiger partial charge in [-0.15, -0.1) is 0 Å². The second-order valence-corrected chi connectivity index (χ2v) is 7.38. The topological polar surface area (TPSA) is 54.1 Å². The summed E-state index contributed by atoms with van der Waals surface area (Å²) in [5, 5.41) is 19.7. The lowest BCUT2D eigenvalue weighted by atomic mass is 9.71. The summed E-state index contributed by atoms with van der Waals surface area (Å²) in [6, 6.07) is 5.30. The van der Waals surface area contributed by atoms with E-state index in [0.717, 1.165) is 51.9 Å². The highest BCUT2D eigenvalue weighted by Crippen LogP contribution is 2.42. The molecule has 120 valence electrons. The number of piperidine rings is 2. The van der Waals surface area contributed by atoms with Crippen LogP contribution >= 0.6 is 0 Å². The minimum Gasteiger partial charge on any atom is -0.286 e. The van der Waals surface area contributed by atoms with Gasteiger partial charge in [0.25, 0.3) is 0 Å². The molecule has 3 fully saturated rings. The highest BCUT2D eigenvalue weighted by Gasteiger charge is 2.49. The Morgan fingerprint density at radius 2 is 0.864 bits per heavy atom. The number of likely N-dealkylation sites (tertiary alicyclic amines) is 2. The quantitative estimate of drug-likeness (QED) is 0.786. The molecule has 0 unspecified atom stereocenters. The van der Waals surface area contributed by atoms with Gasteiger partial charge in [0.2, 0.25) is 0 Å². The molecule has 3 aliphatic rings. The van der Waals surface area contributed by atoms with Gasteiger partial charge in [-0.25, -0.2) is 0 Å². The van der Waals surface area contributed by atoms with E-state index in [2.05, 4.69) is 21.9 Å². The van der Waals surface area contributed by atoms with Crippen LogP contribution in [0.4, 0.5) is 0 Å². The maximum atomic E-state index is 9.86. The van der Waals surface area contributed by atoms with Crippen molar-refractivity contribution in [1.82, 2.24) is 9.80 Å². The van der Waals surface area contributed by atoms with Crippen LogP contribution in [0, 0.1) is 22.7 Å². The third-order valence-corrected chi connectivity index (χ3v) is 6.24. The van der Waals surface area contributed by atoms with Crippen LogP contribution in [0.1, 0.15) is 64.2 Å². The Labute approximate surface area is 134 Å². The summed E-state index contributed by atoms with van der Waals surface area (Å²) in [7, 11) is 0. The Kier molecular flexibility index (Phi) is 4.71. The molecule has 1 saturated carbocycles. The molecule has 0 bridgehead atoms. The molecular weight excluding hydrogens is 272 g/mol. The normalized spacial score (nSPS) is 38.1. The SMILES string of the molecule is N#CC1(N2CCCCC2)CCC(C#N)(N2CCCCC2)CC1. The zero-order chi connectivity index (χ0) is 15.5. The predicted octanol–water partition coefficient (Wildman–Crippen LogP) is 3.06. The van der Waals surface area contributed by atoms with E-state index in [1.165, 1.54) is 38.5 Å². The van der Waals surface area contributed by atoms with Gasteiger partial charge in [0, 0.05) is 0 Å². The van der Waals surface area contributed by atoms with Gasteiger partial charge in [-0.1, -0.05) is 12.8 Å². The standard InChI is InChI=1S/C18H28N4/c19-15-17(21-11-3-1-4-12-21)7-9-18(16-20,10-8-17)22-13-5-2-6-14-22/h1-14H2. The Balaban J connectivity index is 1.71. The molecule has 2 heterocycles. The van der Waals surface area contributed by atoms with Crippen molar-refractivity contribution >= 4 is 0 Å². The fourth-order valence-electron chi connectivity index (χ4n) is 4.72. The smallest absolute Gasteiger partial charge is 0.109 e. The molecule has 0 atom stereocenters. The lowest BCUT2D eigenvalue weighted by molar-refractivity contribution is 0.0109. The molecule has 0 aromatic heterocycles. The zero-order valence-electron chi connectivity index (χ0n) is 13.7. The van der Waals surface area contributed by atoms with Crippen molar-refractivity contribution in [3.05, 3.63) is 0 Å². The molecule has 0 radical (unpaired) electrons. The van der Waals surface area contributed by atoms with Crippen LogP contribution in [0.15, 0.2) is 0 Å². The van der Waals surface area contributed by atoms with Crippen LogP contribution in [-0.2, 0) is 0 Å². The van der Waals surface area contributed by atoms with Gasteiger partial charge in [-0.2, -0.15) is 10.5 Å². The van der Waals surface area contributed by atoms with E-state index in [1.807, 2.05) is 0 Å². The summed E-state index contributed by atoms with van der Waals surface area (Å²) in [5.41, 5.74) is -0.590. The van der Waals surface area contributed by atoms with Crippen molar-refractivity contribution < 1.29 is 0 Å². The van der Waals surface area contributed by atoms with Crippen LogP contribution < -0.4 is 0 Å². The molecule has 4 heteroatoms. The molecule has 2 saturated heterocycles. The first kappa shape index (κ1) is 15.8. The van der Waals surface area contributed by atoms with Gasteiger partial charge in [0.1, 0.15) is 11.1 Å². The Morgan fingerprint density at radius 3 is 1.14 bits per heavy atom. The van der Waals surface area contributed by atoms with Crippen LogP contribution in [-0.4, -0.2) is 47.1 Å². The predicted molar refractivity (Wildman–Crippen MR) is 86.0 cm³/mol. The number of hydrogen-bond donors (Lipinski definition) is 0. The highest BCUT2D eigenvalue weighted by molar-refractivity contribution is 5.20. The highest BCUT2D eigenvalue weighted by atomic mass is 15.2. The summed E-state index contributed by atoms with van der Waals surface area (Å²) in [5.74, 6) is 0. The fraction of sp³-hybridized carbons (Fsp3) is 0.889. The van der Waals surface area contributed by atoms with E-state index in [-0.39, 0.29) is 11.1 Å². The molecule has 22 heavy (non-hydrogen) atoms. The van der Waals surface area contributed by atoms with Crippen LogP contribution in [0.25, 0.3) is 0 Å². The van der Waals surface area contributed by atoms with E-state index in [9.17, 15) is 10.5 Å². The minimum atomic E-state index is -0.295. The summed E-state index contributed by atoms with van der Waals surface area (Å²) in [4.78, 5) is 4.85. The number of hydrogen-bond acceptors (Lipinski definition) is 4. The molecule has 2 aliphatic heterocycles. The van der Waals surface area contributed by atoms with Crippen molar-refractivity contribution in [3.63, 3.8) is 0 Å². The minimum absolute atomic E-state index is 0.295. The molecule has 4 nitrogen and oxygen atoms in total.